The van der Waals surface area contributed by atoms with E-state index in [2.05, 4.69) is 65.8 Å². The molecule has 4 nitrogen and oxygen atoms in total. The van der Waals surface area contributed by atoms with Crippen LogP contribution in [-0.4, -0.2) is 28.6 Å². The van der Waals surface area contributed by atoms with Crippen molar-refractivity contribution in [1.82, 2.24) is 0 Å². The molecule has 1 aliphatic carbocycles. The van der Waals surface area contributed by atoms with Crippen LogP contribution in [0.15, 0.2) is 46.8 Å². The normalized spacial score (nSPS) is 14.7. The monoisotopic (exact) mass is 332 g/mol. The summed E-state index contributed by atoms with van der Waals surface area (Å²) in [7, 11) is 1.95. The largest absolute Gasteiger partial charge is 0.377 e. The van der Waals surface area contributed by atoms with Gasteiger partial charge in [0.25, 0.3) is 0 Å². The predicted octanol–water partition coefficient (Wildman–Crippen LogP) is 4.29. The van der Waals surface area contributed by atoms with Gasteiger partial charge in [0.05, 0.1) is 6.04 Å². The van der Waals surface area contributed by atoms with E-state index in [1.165, 1.54) is 22.9 Å². The zero-order valence-corrected chi connectivity index (χ0v) is 14.6. The van der Waals surface area contributed by atoms with Gasteiger partial charge in [-0.25, -0.2) is 0 Å². The van der Waals surface area contributed by atoms with Crippen molar-refractivity contribution < 1.29 is 8.42 Å². The third-order valence-corrected chi connectivity index (χ3v) is 4.53. The molecule has 3 rings (SSSR count). The third-order valence-electron chi connectivity index (χ3n) is 4.06. The molecule has 0 saturated heterocycles. The van der Waals surface area contributed by atoms with Crippen LogP contribution in [0.2, 0.25) is 0 Å². The number of hydrogen-bond donors (Lipinski definition) is 0. The first kappa shape index (κ1) is 17.5. The molecule has 0 aromatic heterocycles. The molecule has 5 heteroatoms. The van der Waals surface area contributed by atoms with Gasteiger partial charge in [-0.2, -0.15) is 12.8 Å². The first-order valence-electron chi connectivity index (χ1n) is 8.03. The summed E-state index contributed by atoms with van der Waals surface area (Å²) in [5.74, 6) is 0. The van der Waals surface area contributed by atoms with Crippen LogP contribution in [0.1, 0.15) is 32.1 Å². The molecule has 1 aliphatic rings. The minimum atomic E-state index is -2.19. The van der Waals surface area contributed by atoms with E-state index in [0.29, 0.717) is 0 Å². The molecule has 0 unspecified atom stereocenters. The number of anilines is 1. The smallest absolute Gasteiger partial charge is 0.311 e. The number of fused-ring (bicyclic) bond motifs is 1. The van der Waals surface area contributed by atoms with Gasteiger partial charge in [0.15, 0.2) is 0 Å². The molecule has 1 saturated carbocycles. The van der Waals surface area contributed by atoms with Gasteiger partial charge in [0.1, 0.15) is 0 Å². The van der Waals surface area contributed by atoms with Gasteiger partial charge in [0.2, 0.25) is 0 Å². The molecule has 0 spiro atoms. The fourth-order valence-electron chi connectivity index (χ4n) is 2.91. The lowest BCUT2D eigenvalue weighted by Gasteiger charge is -2.14. The Balaban J connectivity index is 0.000000174. The predicted molar refractivity (Wildman–Crippen MR) is 96.5 cm³/mol. The van der Waals surface area contributed by atoms with E-state index in [-0.39, 0.29) is 6.04 Å². The fraction of sp³-hybridized carbons (Fsp3) is 0.444. The molecule has 1 fully saturated rings. The summed E-state index contributed by atoms with van der Waals surface area (Å²) < 4.78 is 23.8. The Morgan fingerprint density at radius 2 is 1.61 bits per heavy atom. The first-order chi connectivity index (χ1) is 11.1. The van der Waals surface area contributed by atoms with Gasteiger partial charge < -0.3 is 4.90 Å². The van der Waals surface area contributed by atoms with E-state index in [4.69, 9.17) is 0 Å². The van der Waals surface area contributed by atoms with Crippen LogP contribution in [0.3, 0.4) is 0 Å². The maximum Gasteiger partial charge on any atom is 0.311 e. The topological polar surface area (TPSA) is 49.7 Å². The minimum Gasteiger partial charge on any atom is -0.377 e. The molecule has 2 aromatic carbocycles. The lowest BCUT2D eigenvalue weighted by atomic mass is 9.97. The third kappa shape index (κ3) is 5.36. The Bertz CT molecular complexity index is 750. The highest BCUT2D eigenvalue weighted by molar-refractivity contribution is 7.61. The zero-order valence-electron chi connectivity index (χ0n) is 13.8. The van der Waals surface area contributed by atoms with E-state index >= 15 is 0 Å². The number of nitrogens with zero attached hydrogens (tertiary/aromatic N) is 2. The minimum absolute atomic E-state index is 0.0899. The summed E-state index contributed by atoms with van der Waals surface area (Å²) in [6.45, 7) is 0. The van der Waals surface area contributed by atoms with Gasteiger partial charge in [0, 0.05) is 25.2 Å². The van der Waals surface area contributed by atoms with E-state index in [0.717, 1.165) is 25.7 Å². The van der Waals surface area contributed by atoms with E-state index in [9.17, 15) is 8.42 Å². The van der Waals surface area contributed by atoms with Crippen molar-refractivity contribution in [2.75, 3.05) is 19.0 Å². The van der Waals surface area contributed by atoms with Gasteiger partial charge in [-0.1, -0.05) is 55.7 Å². The standard InChI is InChI=1S/C12H13N.C6H11NO2S/c1-13(2)12-9-5-7-10-6-3-4-8-11(10)12;8-10(9)7-6-4-2-1-3-5-6/h3-9H,1-2H3;6H,1-5H2. The summed E-state index contributed by atoms with van der Waals surface area (Å²) >= 11 is 0. The average Bonchev–Trinajstić information content (AvgIpc) is 2.55. The van der Waals surface area contributed by atoms with E-state index in [1.54, 1.807) is 0 Å². The Kier molecular flexibility index (Phi) is 6.59. The van der Waals surface area contributed by atoms with E-state index in [1.807, 2.05) is 0 Å². The van der Waals surface area contributed by atoms with Crippen molar-refractivity contribution in [3.05, 3.63) is 42.5 Å². The maximum absolute atomic E-state index is 10.1. The number of rotatable bonds is 2. The molecular formula is C18H24N2O2S. The van der Waals surface area contributed by atoms with Crippen LogP contribution < -0.4 is 4.90 Å². The molecule has 0 bridgehead atoms. The molecule has 0 N–H and O–H groups in total. The Morgan fingerprint density at radius 1 is 0.957 bits per heavy atom. The zero-order chi connectivity index (χ0) is 16.7. The SMILES string of the molecule is CN(C)c1cccc2ccccc12.O=S(=O)=NC1CCCCC1. The molecule has 0 atom stereocenters. The summed E-state index contributed by atoms with van der Waals surface area (Å²) in [4.78, 5) is 2.14. The molecule has 0 heterocycles. The summed E-state index contributed by atoms with van der Waals surface area (Å²) in [5, 5.41) is 2.61. The second-order valence-electron chi connectivity index (χ2n) is 6.01. The lowest BCUT2D eigenvalue weighted by Crippen LogP contribution is -2.08. The quantitative estimate of drug-likeness (QED) is 0.824. The summed E-state index contributed by atoms with van der Waals surface area (Å²) in [6, 6.07) is 14.9. The summed E-state index contributed by atoms with van der Waals surface area (Å²) in [5.41, 5.74) is 1.28. The highest BCUT2D eigenvalue weighted by Gasteiger charge is 2.11. The first-order valence-corrected chi connectivity index (χ1v) is 9.06. The van der Waals surface area contributed by atoms with Crippen molar-refractivity contribution in [2.24, 2.45) is 4.36 Å². The molecule has 0 radical (unpaired) electrons. The van der Waals surface area contributed by atoms with Gasteiger partial charge in [-0.15, -0.1) is 0 Å². The Labute approximate surface area is 139 Å². The Hall–Kier alpha value is -1.88. The molecule has 0 amide bonds. The van der Waals surface area contributed by atoms with Crippen LogP contribution in [-0.2, 0) is 10.5 Å². The van der Waals surface area contributed by atoms with Crippen LogP contribution in [0.25, 0.3) is 10.8 Å². The van der Waals surface area contributed by atoms with Crippen LogP contribution in [0.4, 0.5) is 5.69 Å². The highest BCUT2D eigenvalue weighted by atomic mass is 32.2. The van der Waals surface area contributed by atoms with Crippen LogP contribution in [0.5, 0.6) is 0 Å². The van der Waals surface area contributed by atoms with Gasteiger partial charge in [-0.05, 0) is 24.3 Å². The molecule has 2 aromatic rings. The molecular weight excluding hydrogens is 308 g/mol. The number of benzene rings is 2. The summed E-state index contributed by atoms with van der Waals surface area (Å²) in [6.07, 6.45) is 5.40. The number of hydrogen-bond acceptors (Lipinski definition) is 4. The lowest BCUT2D eigenvalue weighted by molar-refractivity contribution is 0.444. The van der Waals surface area contributed by atoms with Crippen molar-refractivity contribution >= 4 is 27.0 Å². The van der Waals surface area contributed by atoms with Crippen LogP contribution >= 0.6 is 0 Å². The molecule has 124 valence electrons. The second kappa shape index (κ2) is 8.67. The van der Waals surface area contributed by atoms with Crippen molar-refractivity contribution in [3.8, 4) is 0 Å². The van der Waals surface area contributed by atoms with Crippen molar-refractivity contribution in [1.29, 1.82) is 0 Å². The highest BCUT2D eigenvalue weighted by Crippen LogP contribution is 2.24. The van der Waals surface area contributed by atoms with Crippen LogP contribution in [0, 0.1) is 0 Å². The fourth-order valence-corrected chi connectivity index (χ4v) is 3.36. The molecule has 23 heavy (non-hydrogen) atoms. The average molecular weight is 332 g/mol. The van der Waals surface area contributed by atoms with Gasteiger partial charge >= 0.3 is 10.5 Å². The van der Waals surface area contributed by atoms with E-state index < -0.39 is 10.5 Å². The maximum atomic E-state index is 10.1. The Morgan fingerprint density at radius 3 is 2.26 bits per heavy atom. The van der Waals surface area contributed by atoms with Gasteiger partial charge in [-0.3, -0.25) is 0 Å². The van der Waals surface area contributed by atoms with Crippen molar-refractivity contribution in [3.63, 3.8) is 0 Å². The molecule has 0 aliphatic heterocycles. The second-order valence-corrected chi connectivity index (χ2v) is 6.65. The van der Waals surface area contributed by atoms with Crippen molar-refractivity contribution in [2.45, 2.75) is 38.1 Å².